The van der Waals surface area contributed by atoms with E-state index < -0.39 is 5.91 Å². The predicted molar refractivity (Wildman–Crippen MR) is 77.1 cm³/mol. The van der Waals surface area contributed by atoms with Gasteiger partial charge in [-0.1, -0.05) is 19.3 Å². The average Bonchev–Trinajstić information content (AvgIpc) is 2.88. The van der Waals surface area contributed by atoms with E-state index in [-0.39, 0.29) is 17.0 Å². The monoisotopic (exact) mass is 278 g/mol. The van der Waals surface area contributed by atoms with Crippen LogP contribution in [0.3, 0.4) is 0 Å². The Hall–Kier alpha value is -1.82. The SMILES string of the molecule is NCC1(CC(=O)Nc2c[nH]c(C(N)=O)c2)CCCCC1. The van der Waals surface area contributed by atoms with Crippen LogP contribution in [-0.4, -0.2) is 23.3 Å². The molecule has 1 fully saturated rings. The zero-order valence-electron chi connectivity index (χ0n) is 11.6. The Kier molecular flexibility index (Phi) is 4.44. The van der Waals surface area contributed by atoms with E-state index in [2.05, 4.69) is 10.3 Å². The number of aromatic amines is 1. The lowest BCUT2D eigenvalue weighted by atomic mass is 9.71. The molecule has 1 aliphatic rings. The van der Waals surface area contributed by atoms with Crippen molar-refractivity contribution >= 4 is 17.5 Å². The molecule has 1 aromatic rings. The van der Waals surface area contributed by atoms with Crippen LogP contribution in [0.25, 0.3) is 0 Å². The normalized spacial score (nSPS) is 17.6. The first-order valence-corrected chi connectivity index (χ1v) is 7.03. The van der Waals surface area contributed by atoms with Crippen LogP contribution in [0.5, 0.6) is 0 Å². The minimum atomic E-state index is -0.545. The number of rotatable bonds is 5. The van der Waals surface area contributed by atoms with Crippen LogP contribution in [0.4, 0.5) is 5.69 Å². The zero-order chi connectivity index (χ0) is 14.6. The van der Waals surface area contributed by atoms with E-state index in [1.165, 1.54) is 12.5 Å². The smallest absolute Gasteiger partial charge is 0.265 e. The molecule has 0 saturated heterocycles. The first-order valence-electron chi connectivity index (χ1n) is 7.03. The Morgan fingerprint density at radius 2 is 2.00 bits per heavy atom. The quantitative estimate of drug-likeness (QED) is 0.651. The molecular weight excluding hydrogens is 256 g/mol. The summed E-state index contributed by atoms with van der Waals surface area (Å²) in [5, 5.41) is 2.79. The van der Waals surface area contributed by atoms with Crippen LogP contribution < -0.4 is 16.8 Å². The molecule has 20 heavy (non-hydrogen) atoms. The zero-order valence-corrected chi connectivity index (χ0v) is 11.6. The Morgan fingerprint density at radius 1 is 1.30 bits per heavy atom. The standard InChI is InChI=1S/C14H22N4O2/c15-9-14(4-2-1-3-5-14)7-12(19)18-10-6-11(13(16)20)17-8-10/h6,8,17H,1-5,7,9,15H2,(H2,16,20)(H,18,19). The van der Waals surface area contributed by atoms with E-state index in [4.69, 9.17) is 11.5 Å². The number of carbonyl (C=O) groups excluding carboxylic acids is 2. The van der Waals surface area contributed by atoms with Crippen molar-refractivity contribution in [2.45, 2.75) is 38.5 Å². The van der Waals surface area contributed by atoms with E-state index >= 15 is 0 Å². The molecule has 6 N–H and O–H groups in total. The minimum absolute atomic E-state index is 0.0626. The van der Waals surface area contributed by atoms with E-state index in [0.717, 1.165) is 25.7 Å². The van der Waals surface area contributed by atoms with Crippen molar-refractivity contribution in [2.24, 2.45) is 16.9 Å². The molecule has 110 valence electrons. The largest absolute Gasteiger partial charge is 0.364 e. The third-order valence-corrected chi connectivity index (χ3v) is 4.12. The first kappa shape index (κ1) is 14.6. The fraction of sp³-hybridized carbons (Fsp3) is 0.571. The molecule has 0 bridgehead atoms. The lowest BCUT2D eigenvalue weighted by Crippen LogP contribution is -2.36. The first-order chi connectivity index (χ1) is 9.54. The second-order valence-electron chi connectivity index (χ2n) is 5.66. The molecule has 2 rings (SSSR count). The number of H-pyrrole nitrogens is 1. The summed E-state index contributed by atoms with van der Waals surface area (Å²) in [6.45, 7) is 0.542. The van der Waals surface area contributed by atoms with Gasteiger partial charge in [0.05, 0.1) is 5.69 Å². The van der Waals surface area contributed by atoms with E-state index in [1.54, 1.807) is 6.20 Å². The Morgan fingerprint density at radius 3 is 2.55 bits per heavy atom. The summed E-state index contributed by atoms with van der Waals surface area (Å²) < 4.78 is 0. The number of nitrogens with one attached hydrogen (secondary N) is 2. The van der Waals surface area contributed by atoms with Crippen molar-refractivity contribution in [3.8, 4) is 0 Å². The number of primary amides is 1. The van der Waals surface area contributed by atoms with Crippen LogP contribution in [0.2, 0.25) is 0 Å². The number of hydrogen-bond acceptors (Lipinski definition) is 3. The molecule has 0 unspecified atom stereocenters. The summed E-state index contributed by atoms with van der Waals surface area (Å²) in [5.74, 6) is -0.608. The third kappa shape index (κ3) is 3.39. The maximum absolute atomic E-state index is 12.1. The molecule has 1 saturated carbocycles. The van der Waals surface area contributed by atoms with Gasteiger partial charge in [-0.25, -0.2) is 0 Å². The van der Waals surface area contributed by atoms with Crippen LogP contribution in [0.15, 0.2) is 12.3 Å². The fourth-order valence-corrected chi connectivity index (χ4v) is 2.91. The van der Waals surface area contributed by atoms with Gasteiger partial charge in [0.25, 0.3) is 5.91 Å². The molecule has 1 aliphatic carbocycles. The van der Waals surface area contributed by atoms with Crippen molar-refractivity contribution in [1.29, 1.82) is 0 Å². The van der Waals surface area contributed by atoms with Gasteiger partial charge in [-0.05, 0) is 30.9 Å². The van der Waals surface area contributed by atoms with Gasteiger partial charge in [0, 0.05) is 12.6 Å². The highest BCUT2D eigenvalue weighted by Gasteiger charge is 2.32. The summed E-state index contributed by atoms with van der Waals surface area (Å²) in [4.78, 5) is 25.8. The number of nitrogens with two attached hydrogens (primary N) is 2. The highest BCUT2D eigenvalue weighted by Crippen LogP contribution is 2.38. The van der Waals surface area contributed by atoms with Crippen molar-refractivity contribution < 1.29 is 9.59 Å². The molecular formula is C14H22N4O2. The van der Waals surface area contributed by atoms with Crippen LogP contribution in [0, 0.1) is 5.41 Å². The van der Waals surface area contributed by atoms with E-state index in [9.17, 15) is 9.59 Å². The minimum Gasteiger partial charge on any atom is -0.364 e. The fourth-order valence-electron chi connectivity index (χ4n) is 2.91. The summed E-state index contributed by atoms with van der Waals surface area (Å²) in [6, 6.07) is 1.54. The van der Waals surface area contributed by atoms with Gasteiger partial charge in [-0.15, -0.1) is 0 Å². The number of anilines is 1. The lowest BCUT2D eigenvalue weighted by molar-refractivity contribution is -0.118. The third-order valence-electron chi connectivity index (χ3n) is 4.12. The molecule has 2 amide bonds. The summed E-state index contributed by atoms with van der Waals surface area (Å²) in [5.41, 5.74) is 11.8. The van der Waals surface area contributed by atoms with Crippen LogP contribution in [-0.2, 0) is 4.79 Å². The Labute approximate surface area is 118 Å². The molecule has 6 nitrogen and oxygen atoms in total. The molecule has 0 aromatic carbocycles. The van der Waals surface area contributed by atoms with E-state index in [0.29, 0.717) is 18.7 Å². The highest BCUT2D eigenvalue weighted by molar-refractivity contribution is 5.95. The molecule has 0 spiro atoms. The number of aromatic nitrogens is 1. The Balaban J connectivity index is 1.95. The molecule has 1 heterocycles. The Bertz CT molecular complexity index is 489. The topological polar surface area (TPSA) is 114 Å². The van der Waals surface area contributed by atoms with Crippen molar-refractivity contribution in [3.63, 3.8) is 0 Å². The molecule has 0 radical (unpaired) electrons. The van der Waals surface area contributed by atoms with Crippen LogP contribution >= 0.6 is 0 Å². The summed E-state index contributed by atoms with van der Waals surface area (Å²) in [7, 11) is 0. The van der Waals surface area contributed by atoms with Gasteiger partial charge in [-0.3, -0.25) is 9.59 Å². The van der Waals surface area contributed by atoms with Crippen LogP contribution in [0.1, 0.15) is 49.0 Å². The van der Waals surface area contributed by atoms with Crippen molar-refractivity contribution in [1.82, 2.24) is 4.98 Å². The van der Waals surface area contributed by atoms with Crippen molar-refractivity contribution in [3.05, 3.63) is 18.0 Å². The van der Waals surface area contributed by atoms with Gasteiger partial charge < -0.3 is 21.8 Å². The van der Waals surface area contributed by atoms with E-state index in [1.807, 2.05) is 0 Å². The second-order valence-corrected chi connectivity index (χ2v) is 5.66. The second kappa shape index (κ2) is 6.09. The molecule has 0 atom stereocenters. The highest BCUT2D eigenvalue weighted by atomic mass is 16.2. The predicted octanol–water partition coefficient (Wildman–Crippen LogP) is 1.35. The maximum atomic E-state index is 12.1. The molecule has 1 aromatic heterocycles. The summed E-state index contributed by atoms with van der Waals surface area (Å²) >= 11 is 0. The number of carbonyl (C=O) groups is 2. The average molecular weight is 278 g/mol. The summed E-state index contributed by atoms with van der Waals surface area (Å²) in [6.07, 6.45) is 7.52. The van der Waals surface area contributed by atoms with Gasteiger partial charge in [-0.2, -0.15) is 0 Å². The molecule has 6 heteroatoms. The van der Waals surface area contributed by atoms with Gasteiger partial charge in [0.2, 0.25) is 5.91 Å². The lowest BCUT2D eigenvalue weighted by Gasteiger charge is -2.35. The van der Waals surface area contributed by atoms with Gasteiger partial charge >= 0.3 is 0 Å². The van der Waals surface area contributed by atoms with Crippen molar-refractivity contribution in [2.75, 3.05) is 11.9 Å². The van der Waals surface area contributed by atoms with Gasteiger partial charge in [0.1, 0.15) is 5.69 Å². The number of amides is 2. The molecule has 0 aliphatic heterocycles. The maximum Gasteiger partial charge on any atom is 0.265 e. The number of hydrogen-bond donors (Lipinski definition) is 4. The van der Waals surface area contributed by atoms with Gasteiger partial charge in [0.15, 0.2) is 0 Å².